The van der Waals surface area contributed by atoms with Crippen molar-refractivity contribution < 1.29 is 18.5 Å². The molecule has 2 unspecified atom stereocenters. The topological polar surface area (TPSA) is 90.2 Å². The molecule has 1 aromatic rings. The molecule has 0 radical (unpaired) electrons. The first-order valence-electron chi connectivity index (χ1n) is 5.83. The number of benzene rings is 1. The summed E-state index contributed by atoms with van der Waals surface area (Å²) in [6, 6.07) is 4.47. The SMILES string of the molecule is CS(=N)(=O)c1ccc([C@@H](O)C(CF)NC(=O)C(Cl)Cl)cc1. The Hall–Kier alpha value is -0.890. The Morgan fingerprint density at radius 3 is 2.33 bits per heavy atom. The standard InChI is InChI=1S/C12H15Cl2FN2O3S/c1-21(16,20)8-4-2-7(3-5-8)10(18)9(6-15)17-12(19)11(13)14/h2-5,9-11,16,18H,6H2,1H3,(H,17,19)/t9?,10-,21?/m1/s1. The molecule has 0 saturated carbocycles. The van der Waals surface area contributed by atoms with Crippen molar-refractivity contribution in [2.24, 2.45) is 0 Å². The van der Waals surface area contributed by atoms with Crippen LogP contribution in [0.25, 0.3) is 0 Å². The number of aliphatic hydroxyl groups is 1. The molecule has 0 fully saturated rings. The fraction of sp³-hybridized carbons (Fsp3) is 0.417. The maximum Gasteiger partial charge on any atom is 0.253 e. The molecule has 0 aliphatic rings. The fourth-order valence-electron chi connectivity index (χ4n) is 1.60. The van der Waals surface area contributed by atoms with Crippen molar-refractivity contribution in [2.75, 3.05) is 12.9 Å². The Morgan fingerprint density at radius 1 is 1.43 bits per heavy atom. The van der Waals surface area contributed by atoms with Gasteiger partial charge in [0, 0.05) is 11.2 Å². The first kappa shape index (κ1) is 18.2. The van der Waals surface area contributed by atoms with Gasteiger partial charge < -0.3 is 10.4 Å². The van der Waals surface area contributed by atoms with Crippen molar-refractivity contribution in [3.63, 3.8) is 0 Å². The molecule has 21 heavy (non-hydrogen) atoms. The van der Waals surface area contributed by atoms with Gasteiger partial charge in [-0.05, 0) is 17.7 Å². The molecule has 9 heteroatoms. The number of amides is 1. The van der Waals surface area contributed by atoms with E-state index in [0.29, 0.717) is 10.5 Å². The number of carbonyl (C=O) groups excluding carboxylic acids is 1. The van der Waals surface area contributed by atoms with Crippen molar-refractivity contribution >= 4 is 38.8 Å². The monoisotopic (exact) mass is 356 g/mol. The van der Waals surface area contributed by atoms with Crippen molar-refractivity contribution in [3.05, 3.63) is 29.8 Å². The van der Waals surface area contributed by atoms with Gasteiger partial charge in [0.2, 0.25) is 0 Å². The molecule has 0 spiro atoms. The number of hydrogen-bond donors (Lipinski definition) is 3. The van der Waals surface area contributed by atoms with Crippen LogP contribution in [0.4, 0.5) is 4.39 Å². The molecule has 3 atom stereocenters. The second kappa shape index (κ2) is 7.40. The van der Waals surface area contributed by atoms with E-state index in [4.69, 9.17) is 28.0 Å². The first-order valence-corrected chi connectivity index (χ1v) is 8.67. The maximum absolute atomic E-state index is 12.9. The number of alkyl halides is 3. The molecule has 0 aromatic heterocycles. The van der Waals surface area contributed by atoms with Gasteiger partial charge in [0.05, 0.1) is 15.8 Å². The lowest BCUT2D eigenvalue weighted by Gasteiger charge is -2.22. The average molecular weight is 357 g/mol. The van der Waals surface area contributed by atoms with Crippen LogP contribution in [0.2, 0.25) is 0 Å². The summed E-state index contributed by atoms with van der Waals surface area (Å²) >= 11 is 10.7. The smallest absolute Gasteiger partial charge is 0.253 e. The van der Waals surface area contributed by atoms with Gasteiger partial charge in [-0.1, -0.05) is 35.3 Å². The van der Waals surface area contributed by atoms with Crippen LogP contribution in [0, 0.1) is 4.78 Å². The van der Waals surface area contributed by atoms with Gasteiger partial charge in [-0.2, -0.15) is 0 Å². The second-order valence-corrected chi connectivity index (χ2v) is 7.68. The summed E-state index contributed by atoms with van der Waals surface area (Å²) in [4.78, 5) is 10.3. The lowest BCUT2D eigenvalue weighted by atomic mass is 10.0. The minimum absolute atomic E-state index is 0.292. The molecule has 0 heterocycles. The van der Waals surface area contributed by atoms with Crippen LogP contribution in [-0.4, -0.2) is 39.0 Å². The van der Waals surface area contributed by atoms with Crippen molar-refractivity contribution in [1.82, 2.24) is 5.32 Å². The normalized spacial score (nSPS) is 17.0. The molecule has 1 amide bonds. The van der Waals surface area contributed by atoms with E-state index in [-0.39, 0.29) is 0 Å². The summed E-state index contributed by atoms with van der Waals surface area (Å²) in [6.07, 6.45) is -0.0527. The zero-order valence-electron chi connectivity index (χ0n) is 11.1. The largest absolute Gasteiger partial charge is 0.386 e. The summed E-state index contributed by atoms with van der Waals surface area (Å²) < 4.78 is 31.9. The van der Waals surface area contributed by atoms with Crippen molar-refractivity contribution in [1.29, 1.82) is 4.78 Å². The van der Waals surface area contributed by atoms with E-state index in [9.17, 15) is 18.5 Å². The lowest BCUT2D eigenvalue weighted by molar-refractivity contribution is -0.121. The van der Waals surface area contributed by atoms with Gasteiger partial charge in [0.15, 0.2) is 4.84 Å². The number of nitrogens with one attached hydrogen (secondary N) is 2. The van der Waals surface area contributed by atoms with Crippen molar-refractivity contribution in [3.8, 4) is 0 Å². The molecule has 3 N–H and O–H groups in total. The van der Waals surface area contributed by atoms with Crippen LogP contribution in [0.3, 0.4) is 0 Å². The summed E-state index contributed by atoms with van der Waals surface area (Å²) in [5.74, 6) is -0.806. The number of aliphatic hydroxyl groups excluding tert-OH is 1. The highest BCUT2D eigenvalue weighted by Gasteiger charge is 2.25. The molecule has 0 aliphatic heterocycles. The summed E-state index contributed by atoms with van der Waals surface area (Å²) in [5.41, 5.74) is 0.311. The Labute approximate surface area is 132 Å². The first-order chi connectivity index (χ1) is 9.66. The highest BCUT2D eigenvalue weighted by Crippen LogP contribution is 2.20. The highest BCUT2D eigenvalue weighted by atomic mass is 35.5. The Balaban J connectivity index is 2.90. The van der Waals surface area contributed by atoms with E-state index in [1.807, 2.05) is 0 Å². The molecule has 5 nitrogen and oxygen atoms in total. The zero-order chi connectivity index (χ0) is 16.2. The molecule has 0 saturated heterocycles. The van der Waals surface area contributed by atoms with E-state index in [0.717, 1.165) is 0 Å². The Bertz CT molecular complexity index is 593. The van der Waals surface area contributed by atoms with Crippen LogP contribution >= 0.6 is 23.2 Å². The lowest BCUT2D eigenvalue weighted by Crippen LogP contribution is -2.43. The average Bonchev–Trinajstić information content (AvgIpc) is 2.42. The molecular weight excluding hydrogens is 342 g/mol. The third kappa shape index (κ3) is 5.10. The minimum Gasteiger partial charge on any atom is -0.386 e. The molecule has 1 aromatic carbocycles. The number of hydrogen-bond acceptors (Lipinski definition) is 4. The van der Waals surface area contributed by atoms with Crippen LogP contribution in [-0.2, 0) is 14.5 Å². The summed E-state index contributed by atoms with van der Waals surface area (Å²) in [7, 11) is -2.86. The predicted molar refractivity (Wildman–Crippen MR) is 79.9 cm³/mol. The van der Waals surface area contributed by atoms with E-state index >= 15 is 0 Å². The molecule has 0 aliphatic carbocycles. The fourth-order valence-corrected chi connectivity index (χ4v) is 2.39. The molecular formula is C12H15Cl2FN2O3S. The van der Waals surface area contributed by atoms with Crippen LogP contribution in [0.15, 0.2) is 29.2 Å². The third-order valence-electron chi connectivity index (χ3n) is 2.74. The van der Waals surface area contributed by atoms with Crippen LogP contribution < -0.4 is 5.32 Å². The van der Waals surface area contributed by atoms with E-state index < -0.39 is 39.3 Å². The van der Waals surface area contributed by atoms with E-state index in [1.54, 1.807) is 0 Å². The predicted octanol–water partition coefficient (Wildman–Crippen LogP) is 2.01. The molecule has 118 valence electrons. The van der Waals surface area contributed by atoms with Gasteiger partial charge in [-0.3, -0.25) is 4.79 Å². The quantitative estimate of drug-likeness (QED) is 0.681. The van der Waals surface area contributed by atoms with Crippen LogP contribution in [0.1, 0.15) is 11.7 Å². The zero-order valence-corrected chi connectivity index (χ0v) is 13.4. The maximum atomic E-state index is 12.9. The van der Waals surface area contributed by atoms with Crippen molar-refractivity contribution in [2.45, 2.75) is 21.9 Å². The Morgan fingerprint density at radius 2 is 1.95 bits per heavy atom. The molecule has 1 rings (SSSR count). The van der Waals surface area contributed by atoms with E-state index in [2.05, 4.69) is 5.32 Å². The van der Waals surface area contributed by atoms with E-state index in [1.165, 1.54) is 30.5 Å². The Kier molecular flexibility index (Phi) is 6.40. The second-order valence-electron chi connectivity index (χ2n) is 4.43. The van der Waals surface area contributed by atoms with Crippen LogP contribution in [0.5, 0.6) is 0 Å². The van der Waals surface area contributed by atoms with Gasteiger partial charge in [0.25, 0.3) is 5.91 Å². The van der Waals surface area contributed by atoms with Gasteiger partial charge in [-0.15, -0.1) is 0 Å². The molecule has 0 bridgehead atoms. The summed E-state index contributed by atoms with van der Waals surface area (Å²) in [6.45, 7) is -1.02. The number of halogens is 3. The highest BCUT2D eigenvalue weighted by molar-refractivity contribution is 7.91. The number of rotatable bonds is 6. The summed E-state index contributed by atoms with van der Waals surface area (Å²) in [5, 5.41) is 12.2. The number of carbonyl (C=O) groups is 1. The third-order valence-corrected chi connectivity index (χ3v) is 4.31. The van der Waals surface area contributed by atoms with Gasteiger partial charge in [-0.25, -0.2) is 13.4 Å². The minimum atomic E-state index is -2.86. The van der Waals surface area contributed by atoms with Gasteiger partial charge >= 0.3 is 0 Å². The van der Waals surface area contributed by atoms with Gasteiger partial charge in [0.1, 0.15) is 12.8 Å².